The summed E-state index contributed by atoms with van der Waals surface area (Å²) in [5, 5.41) is 8.95. The molecule has 2 aromatic rings. The maximum absolute atomic E-state index is 5.57. The van der Waals surface area contributed by atoms with Gasteiger partial charge in [-0.2, -0.15) is 5.10 Å². The number of aromatic nitrogens is 2. The summed E-state index contributed by atoms with van der Waals surface area (Å²) < 4.78 is 5.57. The average Bonchev–Trinajstić information content (AvgIpc) is 2.50. The molecule has 1 unspecified atom stereocenters. The quantitative estimate of drug-likeness (QED) is 0.838. The molecular weight excluding hydrogens is 272 g/mol. The minimum atomic E-state index is 0.378. The first-order valence-electron chi connectivity index (χ1n) is 8.14. The Kier molecular flexibility index (Phi) is 4.53. The maximum atomic E-state index is 5.57. The van der Waals surface area contributed by atoms with Gasteiger partial charge in [-0.25, -0.2) is 0 Å². The lowest BCUT2D eigenvalue weighted by Crippen LogP contribution is -2.17. The fourth-order valence-electron chi connectivity index (χ4n) is 3.34. The summed E-state index contributed by atoms with van der Waals surface area (Å²) in [4.78, 5) is 0. The third kappa shape index (κ3) is 3.05. The lowest BCUT2D eigenvalue weighted by molar-refractivity contribution is 0.0852. The molecule has 1 aromatic carbocycles. The average molecular weight is 296 g/mol. The summed E-state index contributed by atoms with van der Waals surface area (Å²) in [5.74, 6) is 0. The van der Waals surface area contributed by atoms with Gasteiger partial charge in [0.1, 0.15) is 0 Å². The molecule has 1 aliphatic rings. The van der Waals surface area contributed by atoms with Gasteiger partial charge >= 0.3 is 0 Å². The van der Waals surface area contributed by atoms with Crippen LogP contribution in [0.25, 0.3) is 11.3 Å². The van der Waals surface area contributed by atoms with Crippen molar-refractivity contribution >= 4 is 0 Å². The molecule has 1 aliphatic carbocycles. The Morgan fingerprint density at radius 3 is 2.45 bits per heavy atom. The first-order chi connectivity index (χ1) is 10.7. The SMILES string of the molecule is COC1CCCc2c(-c3ccc(C)cc3)nnc(C)c2CC1. The zero-order valence-corrected chi connectivity index (χ0v) is 13.7. The molecule has 0 bridgehead atoms. The van der Waals surface area contributed by atoms with E-state index in [0.717, 1.165) is 43.5 Å². The van der Waals surface area contributed by atoms with Crippen molar-refractivity contribution in [2.24, 2.45) is 0 Å². The summed E-state index contributed by atoms with van der Waals surface area (Å²) in [7, 11) is 1.82. The fourth-order valence-corrected chi connectivity index (χ4v) is 3.34. The fraction of sp³-hybridized carbons (Fsp3) is 0.474. The Labute approximate surface area is 132 Å². The second-order valence-electron chi connectivity index (χ2n) is 6.25. The highest BCUT2D eigenvalue weighted by Crippen LogP contribution is 2.30. The molecule has 0 radical (unpaired) electrons. The maximum Gasteiger partial charge on any atom is 0.0964 e. The molecule has 0 spiro atoms. The molecule has 0 fully saturated rings. The molecular formula is C19H24N2O. The van der Waals surface area contributed by atoms with Crippen molar-refractivity contribution in [2.75, 3.05) is 7.11 Å². The van der Waals surface area contributed by atoms with Crippen molar-refractivity contribution in [3.8, 4) is 11.3 Å². The highest BCUT2D eigenvalue weighted by molar-refractivity contribution is 5.65. The topological polar surface area (TPSA) is 35.0 Å². The van der Waals surface area contributed by atoms with Crippen molar-refractivity contribution in [3.63, 3.8) is 0 Å². The number of rotatable bonds is 2. The number of fused-ring (bicyclic) bond motifs is 1. The van der Waals surface area contributed by atoms with Crippen LogP contribution in [0.3, 0.4) is 0 Å². The van der Waals surface area contributed by atoms with E-state index in [9.17, 15) is 0 Å². The standard InChI is InChI=1S/C19H24N2O/c1-13-7-9-15(10-8-13)19-18-6-4-5-16(22-3)11-12-17(18)14(2)20-21-19/h7-10,16H,4-6,11-12H2,1-3H3. The summed E-state index contributed by atoms with van der Waals surface area (Å²) in [6.45, 7) is 4.19. The van der Waals surface area contributed by atoms with E-state index in [0.29, 0.717) is 6.10 Å². The number of ether oxygens (including phenoxy) is 1. The van der Waals surface area contributed by atoms with Crippen molar-refractivity contribution in [2.45, 2.75) is 52.1 Å². The molecule has 3 heteroatoms. The van der Waals surface area contributed by atoms with Gasteiger partial charge in [0.15, 0.2) is 0 Å². The lowest BCUT2D eigenvalue weighted by atomic mass is 9.89. The van der Waals surface area contributed by atoms with E-state index in [1.54, 1.807) is 0 Å². The second kappa shape index (κ2) is 6.57. The zero-order valence-electron chi connectivity index (χ0n) is 13.7. The first kappa shape index (κ1) is 15.2. The summed E-state index contributed by atoms with van der Waals surface area (Å²) in [5.41, 5.74) is 7.37. The van der Waals surface area contributed by atoms with Gasteiger partial charge in [-0.05, 0) is 57.1 Å². The van der Waals surface area contributed by atoms with Gasteiger partial charge in [0, 0.05) is 12.7 Å². The Balaban J connectivity index is 2.03. The van der Waals surface area contributed by atoms with Gasteiger partial charge in [-0.3, -0.25) is 0 Å². The number of hydrogen-bond acceptors (Lipinski definition) is 3. The normalized spacial score (nSPS) is 18.4. The summed E-state index contributed by atoms with van der Waals surface area (Å²) >= 11 is 0. The molecule has 0 saturated heterocycles. The van der Waals surface area contributed by atoms with Crippen LogP contribution in [0.2, 0.25) is 0 Å². The van der Waals surface area contributed by atoms with Gasteiger partial charge in [0.05, 0.1) is 17.5 Å². The van der Waals surface area contributed by atoms with Crippen LogP contribution in [0.5, 0.6) is 0 Å². The number of methoxy groups -OCH3 is 1. The smallest absolute Gasteiger partial charge is 0.0964 e. The van der Waals surface area contributed by atoms with Gasteiger partial charge in [0.2, 0.25) is 0 Å². The van der Waals surface area contributed by atoms with Crippen LogP contribution in [-0.2, 0) is 17.6 Å². The Bertz CT molecular complexity index is 649. The van der Waals surface area contributed by atoms with E-state index in [1.165, 1.54) is 22.3 Å². The molecule has 3 rings (SSSR count). The van der Waals surface area contributed by atoms with Gasteiger partial charge in [-0.15, -0.1) is 5.10 Å². The van der Waals surface area contributed by atoms with Crippen molar-refractivity contribution in [1.29, 1.82) is 0 Å². The molecule has 0 saturated carbocycles. The minimum Gasteiger partial charge on any atom is -0.381 e. The van der Waals surface area contributed by atoms with Crippen molar-refractivity contribution < 1.29 is 4.74 Å². The Morgan fingerprint density at radius 2 is 1.73 bits per heavy atom. The number of nitrogens with zero attached hydrogens (tertiary/aromatic N) is 2. The monoisotopic (exact) mass is 296 g/mol. The van der Waals surface area contributed by atoms with Crippen LogP contribution < -0.4 is 0 Å². The van der Waals surface area contributed by atoms with Gasteiger partial charge in [0.25, 0.3) is 0 Å². The Morgan fingerprint density at radius 1 is 0.955 bits per heavy atom. The van der Waals surface area contributed by atoms with Gasteiger partial charge in [-0.1, -0.05) is 29.8 Å². The molecule has 0 amide bonds. The molecule has 1 heterocycles. The number of aryl methyl sites for hydroxylation is 2. The third-order valence-corrected chi connectivity index (χ3v) is 4.71. The predicted octanol–water partition coefficient (Wildman–Crippen LogP) is 4.04. The van der Waals surface area contributed by atoms with Crippen molar-refractivity contribution in [1.82, 2.24) is 10.2 Å². The Hall–Kier alpha value is -1.74. The molecule has 1 atom stereocenters. The van der Waals surface area contributed by atoms with E-state index in [4.69, 9.17) is 4.74 Å². The lowest BCUT2D eigenvalue weighted by Gasteiger charge is -2.22. The van der Waals surface area contributed by atoms with Crippen LogP contribution in [0.1, 0.15) is 41.6 Å². The van der Waals surface area contributed by atoms with Crippen LogP contribution in [0.15, 0.2) is 24.3 Å². The molecule has 3 nitrogen and oxygen atoms in total. The molecule has 0 aliphatic heterocycles. The van der Waals surface area contributed by atoms with E-state index >= 15 is 0 Å². The zero-order chi connectivity index (χ0) is 15.5. The van der Waals surface area contributed by atoms with Crippen LogP contribution >= 0.6 is 0 Å². The molecule has 1 aromatic heterocycles. The largest absolute Gasteiger partial charge is 0.381 e. The first-order valence-corrected chi connectivity index (χ1v) is 8.14. The molecule has 0 N–H and O–H groups in total. The number of hydrogen-bond donors (Lipinski definition) is 0. The number of benzene rings is 1. The third-order valence-electron chi connectivity index (χ3n) is 4.71. The summed E-state index contributed by atoms with van der Waals surface area (Å²) in [6, 6.07) is 8.61. The highest BCUT2D eigenvalue weighted by atomic mass is 16.5. The molecule has 22 heavy (non-hydrogen) atoms. The highest BCUT2D eigenvalue weighted by Gasteiger charge is 2.20. The van der Waals surface area contributed by atoms with E-state index in [2.05, 4.69) is 48.3 Å². The van der Waals surface area contributed by atoms with Crippen LogP contribution in [0, 0.1) is 13.8 Å². The van der Waals surface area contributed by atoms with Crippen LogP contribution in [0.4, 0.5) is 0 Å². The van der Waals surface area contributed by atoms with E-state index < -0.39 is 0 Å². The summed E-state index contributed by atoms with van der Waals surface area (Å²) in [6.07, 6.45) is 5.83. The minimum absolute atomic E-state index is 0.378. The van der Waals surface area contributed by atoms with E-state index in [-0.39, 0.29) is 0 Å². The van der Waals surface area contributed by atoms with E-state index in [1.807, 2.05) is 7.11 Å². The van der Waals surface area contributed by atoms with Crippen LogP contribution in [-0.4, -0.2) is 23.4 Å². The second-order valence-corrected chi connectivity index (χ2v) is 6.25. The predicted molar refractivity (Wildman–Crippen MR) is 89.0 cm³/mol. The van der Waals surface area contributed by atoms with Gasteiger partial charge < -0.3 is 4.74 Å². The van der Waals surface area contributed by atoms with Crippen molar-refractivity contribution in [3.05, 3.63) is 46.6 Å². The molecule has 116 valence electrons.